The Kier molecular flexibility index (Phi) is 5.48. The van der Waals surface area contributed by atoms with Crippen LogP contribution < -0.4 is 0 Å². The molecule has 0 aliphatic heterocycles. The van der Waals surface area contributed by atoms with Crippen molar-refractivity contribution in [3.05, 3.63) is 35.4 Å². The third kappa shape index (κ3) is 6.15. The van der Waals surface area contributed by atoms with Crippen LogP contribution in [0.15, 0.2) is 18.2 Å². The maximum absolute atomic E-state index is 13.5. The number of hydrogen-bond donors (Lipinski definition) is 1. The summed E-state index contributed by atoms with van der Waals surface area (Å²) in [5.74, 6) is -0.568. The lowest BCUT2D eigenvalue weighted by molar-refractivity contribution is 0.132. The van der Waals surface area contributed by atoms with Gasteiger partial charge in [0.2, 0.25) is 0 Å². The first-order valence-electron chi connectivity index (χ1n) is 6.79. The minimum atomic E-state index is -0.631. The first-order chi connectivity index (χ1) is 8.67. The van der Waals surface area contributed by atoms with Gasteiger partial charge in [-0.2, -0.15) is 0 Å². The molecule has 2 unspecified atom stereocenters. The molecule has 0 heterocycles. The fourth-order valence-electron chi connectivity index (χ4n) is 2.63. The van der Waals surface area contributed by atoms with Gasteiger partial charge in [-0.3, -0.25) is 0 Å². The van der Waals surface area contributed by atoms with Crippen LogP contribution in [0.3, 0.4) is 0 Å². The van der Waals surface area contributed by atoms with Gasteiger partial charge in [-0.1, -0.05) is 27.7 Å². The van der Waals surface area contributed by atoms with Crippen LogP contribution in [0.2, 0.25) is 0 Å². The van der Waals surface area contributed by atoms with Crippen molar-refractivity contribution >= 4 is 0 Å². The number of rotatable bonds is 5. The Labute approximate surface area is 114 Å². The number of hydrogen-bond acceptors (Lipinski definition) is 1. The van der Waals surface area contributed by atoms with E-state index in [2.05, 4.69) is 27.7 Å². The highest BCUT2D eigenvalue weighted by molar-refractivity contribution is 5.19. The molecule has 0 aliphatic rings. The van der Waals surface area contributed by atoms with Crippen LogP contribution >= 0.6 is 0 Å². The molecule has 108 valence electrons. The second kappa shape index (κ2) is 6.47. The SMILES string of the molecule is CC(CC(O)Cc1cc(F)ccc1F)CC(C)(C)C. The number of aliphatic hydroxyl groups is 1. The molecular formula is C16H24F2O. The fourth-order valence-corrected chi connectivity index (χ4v) is 2.63. The van der Waals surface area contributed by atoms with Crippen LogP contribution in [0.5, 0.6) is 0 Å². The molecule has 0 radical (unpaired) electrons. The third-order valence-electron chi connectivity index (χ3n) is 3.10. The van der Waals surface area contributed by atoms with Gasteiger partial charge < -0.3 is 5.11 Å². The van der Waals surface area contributed by atoms with E-state index < -0.39 is 17.7 Å². The molecule has 3 heteroatoms. The maximum atomic E-state index is 13.5. The van der Waals surface area contributed by atoms with Gasteiger partial charge in [0.25, 0.3) is 0 Å². The van der Waals surface area contributed by atoms with E-state index in [0.29, 0.717) is 12.3 Å². The van der Waals surface area contributed by atoms with Gasteiger partial charge in [0.05, 0.1) is 6.10 Å². The van der Waals surface area contributed by atoms with E-state index in [1.165, 1.54) is 0 Å². The minimum Gasteiger partial charge on any atom is -0.393 e. The molecule has 0 amide bonds. The Balaban J connectivity index is 2.55. The molecule has 1 rings (SSSR count). The summed E-state index contributed by atoms with van der Waals surface area (Å²) in [7, 11) is 0. The van der Waals surface area contributed by atoms with Crippen molar-refractivity contribution in [2.45, 2.75) is 53.1 Å². The zero-order chi connectivity index (χ0) is 14.6. The Morgan fingerprint density at radius 2 is 1.84 bits per heavy atom. The number of halogens is 2. The predicted molar refractivity (Wildman–Crippen MR) is 73.9 cm³/mol. The molecule has 1 aromatic rings. The molecule has 19 heavy (non-hydrogen) atoms. The lowest BCUT2D eigenvalue weighted by Gasteiger charge is -2.25. The highest BCUT2D eigenvalue weighted by atomic mass is 19.1. The molecule has 0 bridgehead atoms. The second-order valence-corrected chi connectivity index (χ2v) is 6.70. The fraction of sp³-hybridized carbons (Fsp3) is 0.625. The molecule has 0 saturated heterocycles. The molecule has 0 aliphatic carbocycles. The van der Waals surface area contributed by atoms with E-state index in [-0.39, 0.29) is 17.4 Å². The van der Waals surface area contributed by atoms with Gasteiger partial charge in [0.1, 0.15) is 11.6 Å². The number of benzene rings is 1. The lowest BCUT2D eigenvalue weighted by Crippen LogP contribution is -2.19. The topological polar surface area (TPSA) is 20.2 Å². The molecule has 2 atom stereocenters. The van der Waals surface area contributed by atoms with Crippen molar-refractivity contribution < 1.29 is 13.9 Å². The smallest absolute Gasteiger partial charge is 0.126 e. The van der Waals surface area contributed by atoms with Crippen molar-refractivity contribution in [3.8, 4) is 0 Å². The van der Waals surface area contributed by atoms with Gasteiger partial charge in [0, 0.05) is 6.42 Å². The van der Waals surface area contributed by atoms with Gasteiger partial charge in [-0.25, -0.2) is 8.78 Å². The summed E-state index contributed by atoms with van der Waals surface area (Å²) >= 11 is 0. The molecule has 1 nitrogen and oxygen atoms in total. The zero-order valence-corrected chi connectivity index (χ0v) is 12.2. The zero-order valence-electron chi connectivity index (χ0n) is 12.2. The largest absolute Gasteiger partial charge is 0.393 e. The van der Waals surface area contributed by atoms with E-state index in [0.717, 1.165) is 24.6 Å². The van der Waals surface area contributed by atoms with Crippen LogP contribution in [0.1, 0.15) is 46.1 Å². The van der Waals surface area contributed by atoms with E-state index in [1.807, 2.05) is 0 Å². The minimum absolute atomic E-state index is 0.165. The Morgan fingerprint density at radius 1 is 1.21 bits per heavy atom. The maximum Gasteiger partial charge on any atom is 0.126 e. The monoisotopic (exact) mass is 270 g/mol. The molecular weight excluding hydrogens is 246 g/mol. The summed E-state index contributed by atoms with van der Waals surface area (Å²) in [6, 6.07) is 3.36. The van der Waals surface area contributed by atoms with Crippen LogP contribution in [0.4, 0.5) is 8.78 Å². The van der Waals surface area contributed by atoms with Crippen LogP contribution in [-0.4, -0.2) is 11.2 Å². The van der Waals surface area contributed by atoms with Crippen molar-refractivity contribution in [2.75, 3.05) is 0 Å². The molecule has 0 aromatic heterocycles. The summed E-state index contributed by atoms with van der Waals surface area (Å²) in [5.41, 5.74) is 0.457. The third-order valence-corrected chi connectivity index (χ3v) is 3.10. The summed E-state index contributed by atoms with van der Waals surface area (Å²) < 4.78 is 26.5. The highest BCUT2D eigenvalue weighted by Crippen LogP contribution is 2.27. The lowest BCUT2D eigenvalue weighted by atomic mass is 9.82. The Morgan fingerprint density at radius 3 is 2.42 bits per heavy atom. The van der Waals surface area contributed by atoms with Crippen molar-refractivity contribution in [1.82, 2.24) is 0 Å². The average molecular weight is 270 g/mol. The quantitative estimate of drug-likeness (QED) is 0.844. The summed E-state index contributed by atoms with van der Waals surface area (Å²) in [4.78, 5) is 0. The van der Waals surface area contributed by atoms with Crippen molar-refractivity contribution in [2.24, 2.45) is 11.3 Å². The molecule has 0 fully saturated rings. The van der Waals surface area contributed by atoms with Gasteiger partial charge >= 0.3 is 0 Å². The average Bonchev–Trinajstić information content (AvgIpc) is 2.20. The van der Waals surface area contributed by atoms with E-state index in [9.17, 15) is 13.9 Å². The Hall–Kier alpha value is -0.960. The molecule has 0 saturated carbocycles. The molecule has 1 aromatic carbocycles. The molecule has 0 spiro atoms. The van der Waals surface area contributed by atoms with E-state index in [1.54, 1.807) is 0 Å². The van der Waals surface area contributed by atoms with Crippen LogP contribution in [-0.2, 0) is 6.42 Å². The number of aliphatic hydroxyl groups excluding tert-OH is 1. The standard InChI is InChI=1S/C16H24F2O/c1-11(10-16(2,3)4)7-14(19)9-12-8-13(17)5-6-15(12)18/h5-6,8,11,14,19H,7,9-10H2,1-4H3. The summed E-state index contributed by atoms with van der Waals surface area (Å²) in [5, 5.41) is 10.00. The Bertz CT molecular complexity index is 410. The first kappa shape index (κ1) is 16.1. The normalized spacial score (nSPS) is 15.3. The highest BCUT2D eigenvalue weighted by Gasteiger charge is 2.19. The summed E-state index contributed by atoms with van der Waals surface area (Å²) in [6.45, 7) is 8.54. The van der Waals surface area contributed by atoms with Crippen LogP contribution in [0.25, 0.3) is 0 Å². The first-order valence-corrected chi connectivity index (χ1v) is 6.79. The van der Waals surface area contributed by atoms with E-state index >= 15 is 0 Å². The van der Waals surface area contributed by atoms with Crippen LogP contribution in [0, 0.1) is 23.0 Å². The second-order valence-electron chi connectivity index (χ2n) is 6.70. The van der Waals surface area contributed by atoms with E-state index in [4.69, 9.17) is 0 Å². The summed E-state index contributed by atoms with van der Waals surface area (Å²) in [6.07, 6.45) is 1.13. The van der Waals surface area contributed by atoms with Gasteiger partial charge in [0.15, 0.2) is 0 Å². The van der Waals surface area contributed by atoms with Gasteiger partial charge in [-0.05, 0) is 47.9 Å². The van der Waals surface area contributed by atoms with Gasteiger partial charge in [-0.15, -0.1) is 0 Å². The predicted octanol–water partition coefficient (Wildman–Crippen LogP) is 4.33. The molecule has 1 N–H and O–H groups in total. The van der Waals surface area contributed by atoms with Crippen molar-refractivity contribution in [3.63, 3.8) is 0 Å². The van der Waals surface area contributed by atoms with Crippen molar-refractivity contribution in [1.29, 1.82) is 0 Å².